The molecule has 4 unspecified atom stereocenters. The molecule has 0 aromatic rings. The first-order chi connectivity index (χ1) is 8.02. The van der Waals surface area contributed by atoms with Gasteiger partial charge in [-0.2, -0.15) is 11.8 Å². The van der Waals surface area contributed by atoms with Gasteiger partial charge >= 0.3 is 0 Å². The largest absolute Gasteiger partial charge is 0.309 e. The molecule has 1 N–H and O–H groups in total. The van der Waals surface area contributed by atoms with Crippen molar-refractivity contribution in [2.75, 3.05) is 11.5 Å². The average Bonchev–Trinajstić information content (AvgIpc) is 2.77. The Balaban J connectivity index is 1.73. The van der Waals surface area contributed by atoms with Crippen LogP contribution in [0, 0.1) is 16.7 Å². The molecule has 0 amide bonds. The third-order valence-corrected chi connectivity index (χ3v) is 7.05. The van der Waals surface area contributed by atoms with Gasteiger partial charge in [0.1, 0.15) is 0 Å². The quantitative estimate of drug-likeness (QED) is 0.805. The molecule has 0 aromatic heterocycles. The molecule has 4 atom stereocenters. The van der Waals surface area contributed by atoms with Gasteiger partial charge in [-0.25, -0.2) is 0 Å². The van der Waals surface area contributed by atoms with Gasteiger partial charge in [-0.1, -0.05) is 20.8 Å². The predicted octanol–water partition coefficient (Wildman–Crippen LogP) is 3.69. The highest BCUT2D eigenvalue weighted by Crippen LogP contribution is 2.62. The van der Waals surface area contributed by atoms with Crippen molar-refractivity contribution in [2.24, 2.45) is 16.7 Å². The fraction of sp³-hybridized carbons (Fsp3) is 1.00. The second kappa shape index (κ2) is 4.16. The van der Waals surface area contributed by atoms with Crippen LogP contribution in [0.3, 0.4) is 0 Å². The number of hydrogen-bond donors (Lipinski definition) is 1. The zero-order valence-electron chi connectivity index (χ0n) is 11.6. The van der Waals surface area contributed by atoms with E-state index in [1.165, 1.54) is 43.6 Å². The lowest BCUT2D eigenvalue weighted by Crippen LogP contribution is -2.54. The summed E-state index contributed by atoms with van der Waals surface area (Å²) in [7, 11) is 0. The maximum absolute atomic E-state index is 4.06. The SMILES string of the molecule is CC12CCC(C1)C(C)(C)C2NC1CCCSC1. The second-order valence-corrected chi connectivity index (χ2v) is 8.58. The Kier molecular flexibility index (Phi) is 3.02. The summed E-state index contributed by atoms with van der Waals surface area (Å²) in [5, 5.41) is 4.06. The number of thioether (sulfide) groups is 1. The van der Waals surface area contributed by atoms with Crippen molar-refractivity contribution in [3.05, 3.63) is 0 Å². The van der Waals surface area contributed by atoms with Crippen LogP contribution in [0.15, 0.2) is 0 Å². The van der Waals surface area contributed by atoms with Gasteiger partial charge in [-0.3, -0.25) is 0 Å². The number of hydrogen-bond acceptors (Lipinski definition) is 2. The summed E-state index contributed by atoms with van der Waals surface area (Å²) in [5.41, 5.74) is 1.12. The number of rotatable bonds is 2. The van der Waals surface area contributed by atoms with E-state index < -0.39 is 0 Å². The van der Waals surface area contributed by atoms with Crippen LogP contribution in [-0.2, 0) is 0 Å². The van der Waals surface area contributed by atoms with E-state index in [1.54, 1.807) is 0 Å². The first-order valence-corrected chi connectivity index (χ1v) is 8.52. The van der Waals surface area contributed by atoms with Crippen LogP contribution in [0.2, 0.25) is 0 Å². The maximum Gasteiger partial charge on any atom is 0.0178 e. The van der Waals surface area contributed by atoms with Gasteiger partial charge in [0.25, 0.3) is 0 Å². The van der Waals surface area contributed by atoms with Crippen molar-refractivity contribution in [3.63, 3.8) is 0 Å². The zero-order chi connectivity index (χ0) is 12.1. The first kappa shape index (κ1) is 12.3. The third kappa shape index (κ3) is 1.96. The van der Waals surface area contributed by atoms with Crippen LogP contribution in [-0.4, -0.2) is 23.6 Å². The summed E-state index contributed by atoms with van der Waals surface area (Å²) in [6, 6.07) is 1.55. The number of fused-ring (bicyclic) bond motifs is 2. The fourth-order valence-corrected chi connectivity index (χ4v) is 5.91. The van der Waals surface area contributed by atoms with Crippen LogP contribution in [0.4, 0.5) is 0 Å². The van der Waals surface area contributed by atoms with Gasteiger partial charge in [0.15, 0.2) is 0 Å². The van der Waals surface area contributed by atoms with Crippen LogP contribution in [0.25, 0.3) is 0 Å². The number of nitrogens with one attached hydrogen (secondary N) is 1. The van der Waals surface area contributed by atoms with Crippen LogP contribution >= 0.6 is 11.8 Å². The van der Waals surface area contributed by atoms with Gasteiger partial charge in [-0.15, -0.1) is 0 Å². The van der Waals surface area contributed by atoms with E-state index in [4.69, 9.17) is 0 Å². The lowest BCUT2D eigenvalue weighted by molar-refractivity contribution is 0.0993. The van der Waals surface area contributed by atoms with Crippen molar-refractivity contribution < 1.29 is 0 Å². The highest BCUT2D eigenvalue weighted by atomic mass is 32.2. The molecule has 0 radical (unpaired) electrons. The normalized spacial score (nSPS) is 48.5. The van der Waals surface area contributed by atoms with Crippen molar-refractivity contribution >= 4 is 11.8 Å². The summed E-state index contributed by atoms with van der Waals surface area (Å²) in [4.78, 5) is 0. The van der Waals surface area contributed by atoms with Crippen molar-refractivity contribution in [1.82, 2.24) is 5.32 Å². The van der Waals surface area contributed by atoms with E-state index in [1.807, 2.05) is 0 Å². The highest BCUT2D eigenvalue weighted by molar-refractivity contribution is 7.99. The Labute approximate surface area is 111 Å². The first-order valence-electron chi connectivity index (χ1n) is 7.36. The van der Waals surface area contributed by atoms with Crippen LogP contribution in [0.1, 0.15) is 52.9 Å². The third-order valence-electron chi connectivity index (χ3n) is 5.83. The lowest BCUT2D eigenvalue weighted by atomic mass is 9.68. The van der Waals surface area contributed by atoms with Gasteiger partial charge in [0.2, 0.25) is 0 Å². The summed E-state index contributed by atoms with van der Waals surface area (Å²) in [6.07, 6.45) is 7.22. The predicted molar refractivity (Wildman–Crippen MR) is 76.5 cm³/mol. The minimum Gasteiger partial charge on any atom is -0.309 e. The lowest BCUT2D eigenvalue weighted by Gasteiger charge is -2.45. The van der Waals surface area contributed by atoms with Gasteiger partial charge in [-0.05, 0) is 54.6 Å². The molecule has 2 saturated carbocycles. The Hall–Kier alpha value is 0.310. The van der Waals surface area contributed by atoms with E-state index in [9.17, 15) is 0 Å². The minimum absolute atomic E-state index is 0.523. The van der Waals surface area contributed by atoms with Gasteiger partial charge in [0.05, 0.1) is 0 Å². The molecule has 98 valence electrons. The molecule has 17 heavy (non-hydrogen) atoms. The molecule has 0 spiro atoms. The minimum atomic E-state index is 0.523. The van der Waals surface area contributed by atoms with E-state index in [0.29, 0.717) is 10.8 Å². The van der Waals surface area contributed by atoms with Gasteiger partial charge < -0.3 is 5.32 Å². The molecule has 3 aliphatic rings. The Morgan fingerprint density at radius 2 is 2.00 bits per heavy atom. The summed E-state index contributed by atoms with van der Waals surface area (Å²) >= 11 is 2.14. The highest BCUT2D eigenvalue weighted by Gasteiger charge is 2.59. The van der Waals surface area contributed by atoms with E-state index in [-0.39, 0.29) is 0 Å². The van der Waals surface area contributed by atoms with E-state index >= 15 is 0 Å². The molecular weight excluding hydrogens is 226 g/mol. The molecule has 1 heterocycles. The Morgan fingerprint density at radius 1 is 1.18 bits per heavy atom. The summed E-state index contributed by atoms with van der Waals surface area (Å²) < 4.78 is 0. The van der Waals surface area contributed by atoms with Crippen LogP contribution < -0.4 is 5.32 Å². The van der Waals surface area contributed by atoms with Crippen molar-refractivity contribution in [2.45, 2.75) is 65.0 Å². The van der Waals surface area contributed by atoms with E-state index in [0.717, 1.165) is 18.0 Å². The molecule has 1 aliphatic heterocycles. The fourth-order valence-electron chi connectivity index (χ4n) is 4.83. The second-order valence-electron chi connectivity index (χ2n) is 7.43. The molecule has 0 aromatic carbocycles. The summed E-state index contributed by atoms with van der Waals surface area (Å²) in [6.45, 7) is 7.56. The topological polar surface area (TPSA) is 12.0 Å². The molecule has 1 saturated heterocycles. The maximum atomic E-state index is 4.06. The molecule has 2 aliphatic carbocycles. The molecular formula is C15H27NS. The molecule has 2 heteroatoms. The smallest absolute Gasteiger partial charge is 0.0178 e. The van der Waals surface area contributed by atoms with Crippen molar-refractivity contribution in [1.29, 1.82) is 0 Å². The Bertz CT molecular complexity index is 291. The molecule has 2 bridgehead atoms. The average molecular weight is 253 g/mol. The van der Waals surface area contributed by atoms with Crippen LogP contribution in [0.5, 0.6) is 0 Å². The molecule has 3 fully saturated rings. The zero-order valence-corrected chi connectivity index (χ0v) is 12.4. The standard InChI is InChI=1S/C15H27NS/c1-14(2)11-6-7-15(3,9-11)13(14)16-12-5-4-8-17-10-12/h11-13,16H,4-10H2,1-3H3. The molecule has 3 rings (SSSR count). The Morgan fingerprint density at radius 3 is 2.59 bits per heavy atom. The molecule has 1 nitrogen and oxygen atoms in total. The summed E-state index contributed by atoms with van der Waals surface area (Å²) in [5.74, 6) is 3.70. The van der Waals surface area contributed by atoms with Crippen molar-refractivity contribution in [3.8, 4) is 0 Å². The van der Waals surface area contributed by atoms with E-state index in [2.05, 4.69) is 37.8 Å². The van der Waals surface area contributed by atoms with Gasteiger partial charge in [0, 0.05) is 17.8 Å². The monoisotopic (exact) mass is 253 g/mol.